The SMILES string of the molecule is Nc1cncc(F)c1N1CCN(C(=O)C2CN3CCC2C3)CC1. The van der Waals surface area contributed by atoms with Crippen molar-refractivity contribution >= 4 is 17.3 Å². The number of nitrogen functional groups attached to an aromatic ring is 1. The van der Waals surface area contributed by atoms with Gasteiger partial charge in [-0.2, -0.15) is 0 Å². The number of pyridine rings is 1. The van der Waals surface area contributed by atoms with Gasteiger partial charge in [0.2, 0.25) is 5.91 Å². The minimum Gasteiger partial charge on any atom is -0.396 e. The second-order valence-electron chi connectivity index (χ2n) is 6.79. The molecule has 1 amide bonds. The molecule has 0 aliphatic carbocycles. The molecule has 3 unspecified atom stereocenters. The molecule has 6 nitrogen and oxygen atoms in total. The van der Waals surface area contributed by atoms with Crippen LogP contribution < -0.4 is 10.6 Å². The molecule has 4 heterocycles. The van der Waals surface area contributed by atoms with Crippen molar-refractivity contribution in [2.45, 2.75) is 6.42 Å². The van der Waals surface area contributed by atoms with Crippen LogP contribution in [-0.4, -0.2) is 66.5 Å². The Morgan fingerprint density at radius 3 is 2.57 bits per heavy atom. The summed E-state index contributed by atoms with van der Waals surface area (Å²) < 4.78 is 14.0. The Balaban J connectivity index is 1.40. The lowest BCUT2D eigenvalue weighted by Crippen LogP contribution is -2.52. The number of piperidine rings is 1. The molecule has 3 fully saturated rings. The number of halogens is 1. The number of carbonyl (C=O) groups excluding carboxylic acids is 1. The first-order valence-electron chi connectivity index (χ1n) is 8.28. The van der Waals surface area contributed by atoms with Crippen LogP contribution in [-0.2, 0) is 4.79 Å². The van der Waals surface area contributed by atoms with Crippen molar-refractivity contribution in [3.63, 3.8) is 0 Å². The molecule has 3 aliphatic rings. The van der Waals surface area contributed by atoms with Gasteiger partial charge in [0.15, 0.2) is 5.82 Å². The van der Waals surface area contributed by atoms with Gasteiger partial charge in [-0.25, -0.2) is 4.39 Å². The Kier molecular flexibility index (Phi) is 3.60. The Morgan fingerprint density at radius 1 is 1.17 bits per heavy atom. The molecule has 0 spiro atoms. The van der Waals surface area contributed by atoms with Crippen LogP contribution in [0.5, 0.6) is 0 Å². The van der Waals surface area contributed by atoms with Gasteiger partial charge in [0.25, 0.3) is 0 Å². The number of amides is 1. The standard InChI is InChI=1S/C16H22FN5O/c17-13-7-19-8-14(18)15(13)21-3-5-22(6-4-21)16(23)12-10-20-2-1-11(12)9-20/h7-8,11-12H,1-6,9-10,18H2. The monoisotopic (exact) mass is 319 g/mol. The fraction of sp³-hybridized carbons (Fsp3) is 0.625. The van der Waals surface area contributed by atoms with Crippen LogP contribution in [0.1, 0.15) is 6.42 Å². The molecule has 0 aromatic carbocycles. The fourth-order valence-corrected chi connectivity index (χ4v) is 4.23. The van der Waals surface area contributed by atoms with Crippen LogP contribution in [0.2, 0.25) is 0 Å². The van der Waals surface area contributed by atoms with Gasteiger partial charge in [-0.15, -0.1) is 0 Å². The Hall–Kier alpha value is -1.89. The van der Waals surface area contributed by atoms with E-state index < -0.39 is 5.82 Å². The minimum absolute atomic E-state index is 0.165. The molecule has 0 saturated carbocycles. The average molecular weight is 319 g/mol. The van der Waals surface area contributed by atoms with Gasteiger partial charge in [0, 0.05) is 39.3 Å². The number of nitrogens with zero attached hydrogens (tertiary/aromatic N) is 4. The lowest BCUT2D eigenvalue weighted by Gasteiger charge is -2.38. The number of anilines is 2. The molecule has 0 radical (unpaired) electrons. The fourth-order valence-electron chi connectivity index (χ4n) is 4.23. The van der Waals surface area contributed by atoms with E-state index in [2.05, 4.69) is 9.88 Å². The number of piperazine rings is 1. The molecule has 2 N–H and O–H groups in total. The molecular formula is C16H22FN5O. The summed E-state index contributed by atoms with van der Waals surface area (Å²) in [5, 5.41) is 0. The third kappa shape index (κ3) is 2.52. The zero-order chi connectivity index (χ0) is 16.0. The third-order valence-electron chi connectivity index (χ3n) is 5.46. The second kappa shape index (κ2) is 5.63. The highest BCUT2D eigenvalue weighted by atomic mass is 19.1. The first kappa shape index (κ1) is 14.7. The highest BCUT2D eigenvalue weighted by Gasteiger charge is 2.43. The summed E-state index contributed by atoms with van der Waals surface area (Å²) in [6, 6.07) is 0. The van der Waals surface area contributed by atoms with E-state index in [9.17, 15) is 9.18 Å². The van der Waals surface area contributed by atoms with E-state index in [1.807, 2.05) is 9.80 Å². The highest BCUT2D eigenvalue weighted by Crippen LogP contribution is 2.34. The van der Waals surface area contributed by atoms with Crippen LogP contribution in [0.25, 0.3) is 0 Å². The number of carbonyl (C=O) groups is 1. The van der Waals surface area contributed by atoms with Crippen LogP contribution in [0, 0.1) is 17.7 Å². The van der Waals surface area contributed by atoms with Crippen molar-refractivity contribution in [3.8, 4) is 0 Å². The predicted molar refractivity (Wildman–Crippen MR) is 85.4 cm³/mol. The van der Waals surface area contributed by atoms with E-state index in [0.717, 1.165) is 26.1 Å². The second-order valence-corrected chi connectivity index (χ2v) is 6.79. The quantitative estimate of drug-likeness (QED) is 0.855. The zero-order valence-electron chi connectivity index (χ0n) is 13.1. The van der Waals surface area contributed by atoms with Crippen molar-refractivity contribution < 1.29 is 9.18 Å². The van der Waals surface area contributed by atoms with E-state index >= 15 is 0 Å². The molecule has 1 aromatic rings. The average Bonchev–Trinajstić information content (AvgIpc) is 3.18. The minimum atomic E-state index is -0.398. The molecular weight excluding hydrogens is 297 g/mol. The maximum Gasteiger partial charge on any atom is 0.227 e. The van der Waals surface area contributed by atoms with Crippen molar-refractivity contribution in [3.05, 3.63) is 18.2 Å². The van der Waals surface area contributed by atoms with Crippen molar-refractivity contribution in [1.29, 1.82) is 0 Å². The first-order valence-corrected chi connectivity index (χ1v) is 8.28. The van der Waals surface area contributed by atoms with E-state index in [1.165, 1.54) is 12.4 Å². The van der Waals surface area contributed by atoms with Crippen LogP contribution >= 0.6 is 0 Å². The number of aromatic nitrogens is 1. The molecule has 23 heavy (non-hydrogen) atoms. The van der Waals surface area contributed by atoms with Gasteiger partial charge in [0.1, 0.15) is 0 Å². The molecule has 124 valence electrons. The number of hydrogen-bond acceptors (Lipinski definition) is 5. The zero-order valence-corrected chi connectivity index (χ0v) is 13.1. The van der Waals surface area contributed by atoms with Crippen LogP contribution in [0.4, 0.5) is 15.8 Å². The number of rotatable bonds is 2. The van der Waals surface area contributed by atoms with Gasteiger partial charge in [-0.3, -0.25) is 9.78 Å². The Labute approximate surface area is 135 Å². The van der Waals surface area contributed by atoms with Crippen LogP contribution in [0.15, 0.2) is 12.4 Å². The molecule has 3 atom stereocenters. The number of hydrogen-bond donors (Lipinski definition) is 1. The predicted octanol–water partition coefficient (Wildman–Crippen LogP) is 0.403. The van der Waals surface area contributed by atoms with E-state index in [0.29, 0.717) is 43.5 Å². The van der Waals surface area contributed by atoms with Crippen molar-refractivity contribution in [2.24, 2.45) is 11.8 Å². The molecule has 1 aromatic heterocycles. The smallest absolute Gasteiger partial charge is 0.227 e. The summed E-state index contributed by atoms with van der Waals surface area (Å²) in [6.07, 6.45) is 3.81. The highest BCUT2D eigenvalue weighted by molar-refractivity contribution is 5.80. The van der Waals surface area contributed by atoms with Gasteiger partial charge in [-0.05, 0) is 18.9 Å². The Bertz CT molecular complexity index is 596. The number of nitrogens with two attached hydrogens (primary N) is 1. The summed E-state index contributed by atoms with van der Waals surface area (Å²) >= 11 is 0. The normalized spacial score (nSPS) is 30.0. The largest absolute Gasteiger partial charge is 0.396 e. The van der Waals surface area contributed by atoms with Crippen molar-refractivity contribution in [1.82, 2.24) is 14.8 Å². The van der Waals surface area contributed by atoms with Gasteiger partial charge in [-0.1, -0.05) is 0 Å². The number of fused-ring (bicyclic) bond motifs is 2. The van der Waals surface area contributed by atoms with E-state index in [4.69, 9.17) is 5.73 Å². The molecule has 2 bridgehead atoms. The summed E-state index contributed by atoms with van der Waals surface area (Å²) in [6.45, 7) is 5.61. The van der Waals surface area contributed by atoms with Gasteiger partial charge in [0.05, 0.1) is 29.7 Å². The van der Waals surface area contributed by atoms with E-state index in [1.54, 1.807) is 0 Å². The van der Waals surface area contributed by atoms with Crippen molar-refractivity contribution in [2.75, 3.05) is 56.4 Å². The molecule has 3 saturated heterocycles. The first-order chi connectivity index (χ1) is 11.1. The summed E-state index contributed by atoms with van der Waals surface area (Å²) in [5.74, 6) is 0.581. The maximum absolute atomic E-state index is 14.0. The van der Waals surface area contributed by atoms with E-state index in [-0.39, 0.29) is 11.8 Å². The van der Waals surface area contributed by atoms with Gasteiger partial charge >= 0.3 is 0 Å². The summed E-state index contributed by atoms with van der Waals surface area (Å²) in [4.78, 5) is 22.7. The topological polar surface area (TPSA) is 65.7 Å². The maximum atomic E-state index is 14.0. The molecule has 7 heteroatoms. The Morgan fingerprint density at radius 2 is 1.96 bits per heavy atom. The molecule has 3 aliphatic heterocycles. The van der Waals surface area contributed by atoms with Crippen LogP contribution in [0.3, 0.4) is 0 Å². The third-order valence-corrected chi connectivity index (χ3v) is 5.46. The molecule has 4 rings (SSSR count). The summed E-state index contributed by atoms with van der Waals surface area (Å²) in [5.41, 5.74) is 6.62. The van der Waals surface area contributed by atoms with Gasteiger partial charge < -0.3 is 20.4 Å². The summed E-state index contributed by atoms with van der Waals surface area (Å²) in [7, 11) is 0. The lowest BCUT2D eigenvalue weighted by molar-refractivity contribution is -0.137. The lowest BCUT2D eigenvalue weighted by atomic mass is 9.91.